The molecule has 0 aliphatic carbocycles. The van der Waals surface area contributed by atoms with Gasteiger partial charge in [0.15, 0.2) is 17.5 Å². The smallest absolute Gasteiger partial charge is 0.164 e. The number of pyridine rings is 1. The van der Waals surface area contributed by atoms with Crippen molar-refractivity contribution in [2.75, 3.05) is 6.54 Å². The lowest BCUT2D eigenvalue weighted by molar-refractivity contribution is 0.994. The molecule has 2 aromatic heterocycles. The van der Waals surface area contributed by atoms with Gasteiger partial charge in [0, 0.05) is 34.5 Å². The summed E-state index contributed by atoms with van der Waals surface area (Å²) in [5, 5.41) is 0. The van der Waals surface area contributed by atoms with Gasteiger partial charge in [-0.2, -0.15) is 0 Å². The number of hydrogen-bond donors (Lipinski definition) is 0. The first-order valence-corrected chi connectivity index (χ1v) is 17.4. The Balaban J connectivity index is 1.32. The van der Waals surface area contributed by atoms with Crippen molar-refractivity contribution in [2.24, 2.45) is 4.99 Å². The second-order valence-corrected chi connectivity index (χ2v) is 12.5. The molecule has 4 aromatic carbocycles. The molecule has 51 heavy (non-hydrogen) atoms. The van der Waals surface area contributed by atoms with Gasteiger partial charge in [-0.25, -0.2) is 15.0 Å². The van der Waals surface area contributed by atoms with Crippen LogP contribution in [-0.2, 0) is 6.42 Å². The van der Waals surface area contributed by atoms with E-state index in [4.69, 9.17) is 24.9 Å². The van der Waals surface area contributed by atoms with Crippen LogP contribution in [0, 0.1) is 6.92 Å². The van der Waals surface area contributed by atoms with E-state index in [-0.39, 0.29) is 0 Å². The highest BCUT2D eigenvalue weighted by Gasteiger charge is 2.15. The summed E-state index contributed by atoms with van der Waals surface area (Å²) >= 11 is 0. The first kappa shape index (κ1) is 33.2. The third kappa shape index (κ3) is 8.28. The average molecular weight is 662 g/mol. The van der Waals surface area contributed by atoms with Crippen molar-refractivity contribution in [1.82, 2.24) is 19.9 Å². The monoisotopic (exact) mass is 661 g/mol. The Bertz CT molecular complexity index is 2190. The van der Waals surface area contributed by atoms with Crippen molar-refractivity contribution >= 4 is 16.9 Å². The lowest BCUT2D eigenvalue weighted by atomic mass is 9.96. The lowest BCUT2D eigenvalue weighted by Gasteiger charge is -2.12. The molecular weight excluding hydrogens is 623 g/mol. The van der Waals surface area contributed by atoms with E-state index in [1.54, 1.807) is 0 Å². The minimum atomic E-state index is 0.614. The fourth-order valence-corrected chi connectivity index (χ4v) is 6.05. The molecular formula is C46H39N5. The molecule has 0 unspecified atom stereocenters. The summed E-state index contributed by atoms with van der Waals surface area (Å²) in [7, 11) is 0. The topological polar surface area (TPSA) is 63.9 Å². The fourth-order valence-electron chi connectivity index (χ4n) is 6.05. The number of hydrogen-bond acceptors (Lipinski definition) is 5. The number of aromatic nitrogens is 4. The van der Waals surface area contributed by atoms with E-state index in [2.05, 4.69) is 79.4 Å². The third-order valence-electron chi connectivity index (χ3n) is 8.75. The van der Waals surface area contributed by atoms with E-state index in [1.165, 1.54) is 5.56 Å². The van der Waals surface area contributed by atoms with Crippen LogP contribution >= 0.6 is 0 Å². The number of rotatable bonds is 11. The van der Waals surface area contributed by atoms with E-state index in [0.717, 1.165) is 69.0 Å². The molecule has 5 heteroatoms. The molecule has 7 rings (SSSR count). The highest BCUT2D eigenvalue weighted by Crippen LogP contribution is 2.29. The van der Waals surface area contributed by atoms with E-state index in [9.17, 15) is 0 Å². The minimum absolute atomic E-state index is 0.614. The van der Waals surface area contributed by atoms with Crippen LogP contribution in [0.4, 0.5) is 0 Å². The van der Waals surface area contributed by atoms with Crippen molar-refractivity contribution < 1.29 is 0 Å². The van der Waals surface area contributed by atoms with Crippen molar-refractivity contribution in [3.8, 4) is 34.0 Å². The number of nitrogens with zero attached hydrogens (tertiary/aromatic N) is 5. The molecule has 0 amide bonds. The molecule has 1 aliphatic rings. The zero-order valence-electron chi connectivity index (χ0n) is 28.8. The van der Waals surface area contributed by atoms with Gasteiger partial charge in [0.05, 0.1) is 11.4 Å². The van der Waals surface area contributed by atoms with Crippen LogP contribution in [0.5, 0.6) is 0 Å². The SMILES string of the molecule is C=CC/C(=C\C(=C/Cc1ccc(-c2cccc(C)n2)cc1)c1nc(-c2ccccc2)nc(-c2ccccc2)n1)c1ccc(C2=NCCC=C2)cc1. The maximum absolute atomic E-state index is 5.09. The Morgan fingerprint density at radius 2 is 1.33 bits per heavy atom. The number of aryl methyl sites for hydroxylation is 1. The zero-order valence-corrected chi connectivity index (χ0v) is 28.8. The van der Waals surface area contributed by atoms with E-state index in [0.29, 0.717) is 30.3 Å². The summed E-state index contributed by atoms with van der Waals surface area (Å²) < 4.78 is 0. The summed E-state index contributed by atoms with van der Waals surface area (Å²) in [6.07, 6.45) is 13.0. The van der Waals surface area contributed by atoms with Crippen LogP contribution in [0.25, 0.3) is 45.2 Å². The summed E-state index contributed by atoms with van der Waals surface area (Å²) in [4.78, 5) is 24.5. The van der Waals surface area contributed by atoms with E-state index >= 15 is 0 Å². The van der Waals surface area contributed by atoms with Crippen molar-refractivity contribution in [3.63, 3.8) is 0 Å². The van der Waals surface area contributed by atoms with Crippen LogP contribution in [-0.4, -0.2) is 32.2 Å². The normalized spacial score (nSPS) is 13.2. The molecule has 0 spiro atoms. The maximum atomic E-state index is 5.09. The second-order valence-electron chi connectivity index (χ2n) is 12.5. The number of dihydropyridines is 1. The molecule has 5 nitrogen and oxygen atoms in total. The van der Waals surface area contributed by atoms with Gasteiger partial charge in [0.25, 0.3) is 0 Å². The van der Waals surface area contributed by atoms with Crippen LogP contribution < -0.4 is 0 Å². The molecule has 0 bridgehead atoms. The molecule has 0 radical (unpaired) electrons. The van der Waals surface area contributed by atoms with E-state index < -0.39 is 0 Å². The lowest BCUT2D eigenvalue weighted by Crippen LogP contribution is -2.03. The Hall–Kier alpha value is -6.33. The molecule has 6 aromatic rings. The molecule has 0 saturated heterocycles. The predicted molar refractivity (Wildman–Crippen MR) is 211 cm³/mol. The van der Waals surface area contributed by atoms with E-state index in [1.807, 2.05) is 91.9 Å². The largest absolute Gasteiger partial charge is 0.284 e. The van der Waals surface area contributed by atoms with Crippen LogP contribution in [0.2, 0.25) is 0 Å². The van der Waals surface area contributed by atoms with Gasteiger partial charge in [0.2, 0.25) is 0 Å². The molecule has 0 saturated carbocycles. The minimum Gasteiger partial charge on any atom is -0.284 e. The Morgan fingerprint density at radius 1 is 0.667 bits per heavy atom. The van der Waals surface area contributed by atoms with Gasteiger partial charge in [0.1, 0.15) is 0 Å². The van der Waals surface area contributed by atoms with Crippen LogP contribution in [0.3, 0.4) is 0 Å². The van der Waals surface area contributed by atoms with Crippen molar-refractivity contribution in [2.45, 2.75) is 26.2 Å². The molecule has 0 N–H and O–H groups in total. The number of aliphatic imine (C=N–C) groups is 1. The fraction of sp³-hybridized carbons (Fsp3) is 0.109. The first-order chi connectivity index (χ1) is 25.1. The quantitative estimate of drug-likeness (QED) is 0.102. The summed E-state index contributed by atoms with van der Waals surface area (Å²) in [6, 6.07) is 43.6. The Labute approximate surface area is 300 Å². The van der Waals surface area contributed by atoms with Crippen molar-refractivity contribution in [1.29, 1.82) is 0 Å². The summed E-state index contributed by atoms with van der Waals surface area (Å²) in [5.41, 5.74) is 11.4. The summed E-state index contributed by atoms with van der Waals surface area (Å²) in [6.45, 7) is 6.95. The van der Waals surface area contributed by atoms with Crippen molar-refractivity contribution in [3.05, 3.63) is 193 Å². The molecule has 0 fully saturated rings. The standard InChI is InChI=1S/C46H39N5/c1-3-13-40(35-27-29-36(30-28-35)42-19-10-11-31-47-42)32-41(26-23-34-21-24-37(25-22-34)43-20-12-14-33(2)48-43)46-50-44(38-15-6-4-7-16-38)49-45(51-46)39-17-8-5-9-18-39/h3-10,12,14-22,24-30,32H,1,11,13,23,31H2,2H3/b40-32+,41-26+. The van der Waals surface area contributed by atoms with Gasteiger partial charge in [-0.3, -0.25) is 9.98 Å². The Kier molecular flexibility index (Phi) is 10.4. The van der Waals surface area contributed by atoms with Gasteiger partial charge in [-0.1, -0.05) is 133 Å². The zero-order chi connectivity index (χ0) is 34.8. The number of benzene rings is 4. The Morgan fingerprint density at radius 3 is 1.94 bits per heavy atom. The van der Waals surface area contributed by atoms with Crippen LogP contribution in [0.15, 0.2) is 169 Å². The summed E-state index contributed by atoms with van der Waals surface area (Å²) in [5.74, 6) is 1.87. The second kappa shape index (κ2) is 15.9. The van der Waals surface area contributed by atoms with Gasteiger partial charge >= 0.3 is 0 Å². The molecule has 248 valence electrons. The number of allylic oxidation sites excluding steroid dienone is 6. The van der Waals surface area contributed by atoms with Gasteiger partial charge in [-0.15, -0.1) is 6.58 Å². The average Bonchev–Trinajstić information content (AvgIpc) is 3.20. The first-order valence-electron chi connectivity index (χ1n) is 17.4. The third-order valence-corrected chi connectivity index (χ3v) is 8.75. The van der Waals surface area contributed by atoms with Gasteiger partial charge in [-0.05, 0) is 72.7 Å². The molecule has 1 aliphatic heterocycles. The molecule has 0 atom stereocenters. The van der Waals surface area contributed by atoms with Crippen LogP contribution in [0.1, 0.15) is 41.1 Å². The highest BCUT2D eigenvalue weighted by molar-refractivity contribution is 6.09. The maximum Gasteiger partial charge on any atom is 0.164 e. The molecule has 3 heterocycles. The predicted octanol–water partition coefficient (Wildman–Crippen LogP) is 10.6. The highest BCUT2D eigenvalue weighted by atomic mass is 15.0. The van der Waals surface area contributed by atoms with Gasteiger partial charge < -0.3 is 0 Å².